The maximum Gasteiger partial charge on any atom is 0.310 e. The number of carbonyl (C=O) groups is 1. The fraction of sp³-hybridized carbons (Fsp3) is 0.952. The molecule has 5 heteroatoms. The Bertz CT molecular complexity index is 576. The molecule has 5 aliphatic rings. The fourth-order valence-electron chi connectivity index (χ4n) is 6.93. The molecule has 0 amide bonds. The van der Waals surface area contributed by atoms with E-state index >= 15 is 0 Å². The smallest absolute Gasteiger partial charge is 0.310 e. The van der Waals surface area contributed by atoms with Gasteiger partial charge in [0.15, 0.2) is 0 Å². The molecule has 7 atom stereocenters. The van der Waals surface area contributed by atoms with Gasteiger partial charge in [-0.3, -0.25) is 9.69 Å². The van der Waals surface area contributed by atoms with Gasteiger partial charge in [-0.25, -0.2) is 0 Å². The summed E-state index contributed by atoms with van der Waals surface area (Å²) in [5.74, 6) is 0.905. The molecule has 2 saturated carbocycles. The van der Waals surface area contributed by atoms with Crippen molar-refractivity contribution in [1.29, 1.82) is 0 Å². The van der Waals surface area contributed by atoms with Gasteiger partial charge in [0.05, 0.1) is 24.7 Å². The molecule has 5 rings (SSSR count). The quantitative estimate of drug-likeness (QED) is 0.616. The van der Waals surface area contributed by atoms with Crippen LogP contribution in [0.4, 0.5) is 0 Å². The van der Waals surface area contributed by atoms with Gasteiger partial charge in [-0.2, -0.15) is 0 Å². The first kappa shape index (κ1) is 17.4. The van der Waals surface area contributed by atoms with E-state index in [-0.39, 0.29) is 41.7 Å². The third-order valence-corrected chi connectivity index (χ3v) is 8.47. The Hall–Kier alpha value is -0.650. The largest absolute Gasteiger partial charge is 0.462 e. The second-order valence-corrected chi connectivity index (χ2v) is 9.93. The molecule has 26 heavy (non-hydrogen) atoms. The third-order valence-electron chi connectivity index (χ3n) is 8.47. The molecule has 2 aliphatic carbocycles. The first-order valence-corrected chi connectivity index (χ1v) is 10.7. The first-order valence-electron chi connectivity index (χ1n) is 10.7. The van der Waals surface area contributed by atoms with Crippen molar-refractivity contribution in [2.24, 2.45) is 23.2 Å². The van der Waals surface area contributed by atoms with Gasteiger partial charge >= 0.3 is 5.97 Å². The molecule has 3 heterocycles. The van der Waals surface area contributed by atoms with Crippen molar-refractivity contribution in [1.82, 2.24) is 4.90 Å². The van der Waals surface area contributed by atoms with Crippen LogP contribution in [0, 0.1) is 23.2 Å². The van der Waals surface area contributed by atoms with Gasteiger partial charge in [0, 0.05) is 18.5 Å². The number of hydrogen-bond donors (Lipinski definition) is 1. The minimum atomic E-state index is -0.0190. The first-order chi connectivity index (χ1) is 12.5. The zero-order valence-electron chi connectivity index (χ0n) is 16.0. The summed E-state index contributed by atoms with van der Waals surface area (Å²) in [5.41, 5.74) is 0.386. The monoisotopic (exact) mass is 363 g/mol. The number of rotatable bonds is 3. The van der Waals surface area contributed by atoms with Gasteiger partial charge in [-0.15, -0.1) is 0 Å². The Kier molecular flexibility index (Phi) is 4.15. The van der Waals surface area contributed by atoms with E-state index in [1.807, 2.05) is 0 Å². The number of esters is 1. The van der Waals surface area contributed by atoms with Crippen LogP contribution in [0.3, 0.4) is 0 Å². The Morgan fingerprint density at radius 2 is 2.12 bits per heavy atom. The van der Waals surface area contributed by atoms with Crippen molar-refractivity contribution in [3.05, 3.63) is 0 Å². The molecule has 5 fully saturated rings. The van der Waals surface area contributed by atoms with Crippen LogP contribution in [0.5, 0.6) is 0 Å². The average Bonchev–Trinajstić information content (AvgIpc) is 3.33. The Morgan fingerprint density at radius 3 is 2.88 bits per heavy atom. The van der Waals surface area contributed by atoms with E-state index in [9.17, 15) is 9.90 Å². The number of piperidine rings is 1. The summed E-state index contributed by atoms with van der Waals surface area (Å²) in [6, 6.07) is 0.220. The van der Waals surface area contributed by atoms with Crippen LogP contribution in [-0.4, -0.2) is 60.0 Å². The van der Waals surface area contributed by atoms with Crippen molar-refractivity contribution in [2.45, 2.75) is 76.0 Å². The van der Waals surface area contributed by atoms with Crippen LogP contribution in [0.15, 0.2) is 0 Å². The Morgan fingerprint density at radius 1 is 1.27 bits per heavy atom. The molecule has 0 aromatic carbocycles. The molecule has 0 bridgehead atoms. The predicted molar refractivity (Wildman–Crippen MR) is 96.5 cm³/mol. The number of likely N-dealkylation sites (tertiary alicyclic amines) is 1. The normalized spacial score (nSPS) is 51.0. The lowest BCUT2D eigenvalue weighted by Crippen LogP contribution is -2.52. The predicted octanol–water partition coefficient (Wildman–Crippen LogP) is 2.36. The van der Waals surface area contributed by atoms with Crippen molar-refractivity contribution in [3.63, 3.8) is 0 Å². The topological polar surface area (TPSA) is 62.3 Å². The second-order valence-electron chi connectivity index (χ2n) is 9.93. The molecule has 0 aromatic heterocycles. The number of hydrogen-bond acceptors (Lipinski definition) is 5. The highest BCUT2D eigenvalue weighted by Crippen LogP contribution is 2.62. The molecule has 1 spiro atoms. The van der Waals surface area contributed by atoms with Crippen molar-refractivity contribution >= 4 is 5.97 Å². The summed E-state index contributed by atoms with van der Waals surface area (Å²) in [6.07, 6.45) is 9.27. The average molecular weight is 363 g/mol. The number of aliphatic hydroxyl groups is 1. The van der Waals surface area contributed by atoms with Gasteiger partial charge in [-0.05, 0) is 62.8 Å². The summed E-state index contributed by atoms with van der Waals surface area (Å²) in [7, 11) is 0. The van der Waals surface area contributed by atoms with Crippen molar-refractivity contribution in [3.8, 4) is 0 Å². The molecule has 146 valence electrons. The second kappa shape index (κ2) is 6.18. The van der Waals surface area contributed by atoms with Gasteiger partial charge in [0.2, 0.25) is 0 Å². The van der Waals surface area contributed by atoms with E-state index in [1.54, 1.807) is 0 Å². The van der Waals surface area contributed by atoms with Crippen molar-refractivity contribution in [2.75, 3.05) is 26.3 Å². The molecule has 7 unspecified atom stereocenters. The van der Waals surface area contributed by atoms with Crippen molar-refractivity contribution < 1.29 is 19.4 Å². The fourth-order valence-corrected chi connectivity index (χ4v) is 6.93. The number of aliphatic hydroxyl groups excluding tert-OH is 1. The molecular weight excluding hydrogens is 330 g/mol. The lowest BCUT2D eigenvalue weighted by atomic mass is 9.53. The molecule has 5 nitrogen and oxygen atoms in total. The zero-order chi connectivity index (χ0) is 17.9. The van der Waals surface area contributed by atoms with Crippen LogP contribution in [0.2, 0.25) is 0 Å². The van der Waals surface area contributed by atoms with Gasteiger partial charge in [0.1, 0.15) is 6.10 Å². The zero-order valence-corrected chi connectivity index (χ0v) is 16.0. The third kappa shape index (κ3) is 2.65. The molecular formula is C21H33NO4. The number of ether oxygens (including phenoxy) is 2. The number of fused-ring (bicyclic) bond motifs is 3. The number of carbonyl (C=O) groups excluding carboxylic acids is 1. The summed E-state index contributed by atoms with van der Waals surface area (Å²) in [6.45, 7) is 5.30. The number of epoxide rings is 1. The highest BCUT2D eigenvalue weighted by Gasteiger charge is 2.65. The summed E-state index contributed by atoms with van der Waals surface area (Å²) in [5, 5.41) is 9.72. The summed E-state index contributed by atoms with van der Waals surface area (Å²) in [4.78, 5) is 15.1. The lowest BCUT2D eigenvalue weighted by Gasteiger charge is -2.51. The maximum absolute atomic E-state index is 12.8. The number of nitrogens with zero attached hydrogens (tertiary/aromatic N) is 1. The van der Waals surface area contributed by atoms with Crippen LogP contribution >= 0.6 is 0 Å². The minimum absolute atomic E-state index is 0.00951. The van der Waals surface area contributed by atoms with Gasteiger partial charge in [0.25, 0.3) is 0 Å². The maximum atomic E-state index is 12.8. The van der Waals surface area contributed by atoms with Crippen LogP contribution in [0.25, 0.3) is 0 Å². The highest BCUT2D eigenvalue weighted by molar-refractivity contribution is 5.75. The standard InChI is InChI=1S/C21H33NO4/c1-20-6-4-7-21(13-25-21)18(20)9-15-16(19(24)26-17(15)10-20)11-22-8-3-2-5-14(22)12-23/h14-18,23H,2-13H2,1H3. The van der Waals surface area contributed by atoms with Crippen LogP contribution in [0.1, 0.15) is 58.3 Å². The van der Waals surface area contributed by atoms with E-state index in [0.29, 0.717) is 11.8 Å². The van der Waals surface area contributed by atoms with Crippen LogP contribution in [-0.2, 0) is 14.3 Å². The van der Waals surface area contributed by atoms with E-state index < -0.39 is 0 Å². The molecule has 0 radical (unpaired) electrons. The molecule has 3 aliphatic heterocycles. The van der Waals surface area contributed by atoms with E-state index in [2.05, 4.69) is 11.8 Å². The Labute approximate surface area is 156 Å². The molecule has 3 saturated heterocycles. The van der Waals surface area contributed by atoms with E-state index in [4.69, 9.17) is 9.47 Å². The SMILES string of the molecule is CC12CCCC3(CO3)C1CC1C(C2)OC(=O)C1CN1CCCCC1CO. The summed E-state index contributed by atoms with van der Waals surface area (Å²) < 4.78 is 11.9. The van der Waals surface area contributed by atoms with Gasteiger partial charge < -0.3 is 14.6 Å². The molecule has 1 N–H and O–H groups in total. The Balaban J connectivity index is 1.35. The van der Waals surface area contributed by atoms with E-state index in [1.165, 1.54) is 32.1 Å². The van der Waals surface area contributed by atoms with E-state index in [0.717, 1.165) is 39.0 Å². The summed E-state index contributed by atoms with van der Waals surface area (Å²) >= 11 is 0. The van der Waals surface area contributed by atoms with Crippen LogP contribution < -0.4 is 0 Å². The minimum Gasteiger partial charge on any atom is -0.462 e. The molecule has 0 aromatic rings. The van der Waals surface area contributed by atoms with Gasteiger partial charge in [-0.1, -0.05) is 13.3 Å². The lowest BCUT2D eigenvalue weighted by molar-refractivity contribution is -0.147. The highest BCUT2D eigenvalue weighted by atomic mass is 16.6.